The van der Waals surface area contributed by atoms with Gasteiger partial charge in [-0.2, -0.15) is 0 Å². The predicted molar refractivity (Wildman–Crippen MR) is 296 cm³/mol. The largest absolute Gasteiger partial charge is 0.423 e. The van der Waals surface area contributed by atoms with Gasteiger partial charge in [0, 0.05) is 25.7 Å². The van der Waals surface area contributed by atoms with Crippen LogP contribution in [0, 0.1) is 0 Å². The third kappa shape index (κ3) is 23.6. The molecule has 0 radical (unpaired) electrons. The van der Waals surface area contributed by atoms with E-state index in [4.69, 9.17) is 33.2 Å². The number of rotatable bonds is 49. The average molecular weight is 1140 g/mol. The van der Waals surface area contributed by atoms with E-state index < -0.39 is 123 Å². The molecule has 464 valence electrons. The van der Waals surface area contributed by atoms with Gasteiger partial charge in [-0.05, 0) is 25.7 Å². The maximum absolute atomic E-state index is 14.3. The molecule has 2 aliphatic heterocycles. The first kappa shape index (κ1) is 72.5. The molecule has 0 saturated carbocycles. The van der Waals surface area contributed by atoms with Crippen LogP contribution in [0.5, 0.6) is 0 Å². The maximum atomic E-state index is 14.3. The molecule has 19 heteroatoms. The van der Waals surface area contributed by atoms with Crippen LogP contribution in [0.25, 0.3) is 0 Å². The van der Waals surface area contributed by atoms with Crippen LogP contribution in [-0.2, 0) is 52.3 Å². The highest BCUT2D eigenvalue weighted by Gasteiger charge is 2.89. The molecule has 2 aliphatic rings. The first-order valence-corrected chi connectivity index (χ1v) is 31.3. The van der Waals surface area contributed by atoms with Crippen LogP contribution in [0.2, 0.25) is 0 Å². The summed E-state index contributed by atoms with van der Waals surface area (Å²) in [4.78, 5) is 56.9. The highest BCUT2D eigenvalue weighted by molar-refractivity contribution is 5.73. The van der Waals surface area contributed by atoms with Crippen molar-refractivity contribution in [2.24, 2.45) is 0 Å². The van der Waals surface area contributed by atoms with Gasteiger partial charge in [-0.1, -0.05) is 233 Å². The fourth-order valence-electron chi connectivity index (χ4n) is 10.4. The summed E-state index contributed by atoms with van der Waals surface area (Å²) in [6.45, 7) is 4.53. The van der Waals surface area contributed by atoms with E-state index in [1.807, 2.05) is 0 Å². The standard InChI is InChI=1S/C60H110O19/c1-5-9-13-17-21-25-29-33-37-41-50(64)75-57(70)49(46-62)74-60(79-56(47-63)55(69)54(68)48(45-61)73-56,78-53(67)44-40-36-32-28-24-20-16-12-8-4)59(72,77-52(66)43-39-35-31-27-23-19-15-11-7-3)58(57,71)76-51(65)42-38-34-30-26-22-18-14-10-6-2/h48-49,54-55,61-63,68-72H,5-47H2,1-4H3/t48-,49-,54-,55+,56?,57+,58-,59+,60+/m1/s1. The fourth-order valence-corrected chi connectivity index (χ4v) is 10.4. The van der Waals surface area contributed by atoms with Gasteiger partial charge in [0.05, 0.1) is 13.2 Å². The van der Waals surface area contributed by atoms with E-state index in [0.29, 0.717) is 32.1 Å². The topological polar surface area (TPSA) is 295 Å². The molecule has 79 heavy (non-hydrogen) atoms. The van der Waals surface area contributed by atoms with E-state index >= 15 is 0 Å². The van der Waals surface area contributed by atoms with Crippen molar-refractivity contribution in [2.75, 3.05) is 19.8 Å². The molecule has 8 N–H and O–H groups in total. The molecule has 0 bridgehead atoms. The average Bonchev–Trinajstić information content (AvgIpc) is 3.74. The lowest BCUT2D eigenvalue weighted by atomic mass is 9.85. The summed E-state index contributed by atoms with van der Waals surface area (Å²) in [5.74, 6) is -25.2. The van der Waals surface area contributed by atoms with Crippen molar-refractivity contribution in [2.45, 2.75) is 338 Å². The number of carbonyl (C=O) groups excluding carboxylic acids is 4. The van der Waals surface area contributed by atoms with Gasteiger partial charge in [0.15, 0.2) is 6.10 Å². The number of aliphatic hydroxyl groups is 8. The molecule has 2 saturated heterocycles. The molecule has 19 nitrogen and oxygen atoms in total. The quantitative estimate of drug-likeness (QED) is 0.0122. The van der Waals surface area contributed by atoms with Crippen LogP contribution in [0.15, 0.2) is 0 Å². The minimum atomic E-state index is -4.43. The molecule has 2 fully saturated rings. The van der Waals surface area contributed by atoms with E-state index in [2.05, 4.69) is 27.7 Å². The normalized spacial score (nSPS) is 26.8. The predicted octanol–water partition coefficient (Wildman–Crippen LogP) is 9.77. The zero-order valence-corrected chi connectivity index (χ0v) is 49.3. The van der Waals surface area contributed by atoms with Crippen molar-refractivity contribution in [1.82, 2.24) is 0 Å². The van der Waals surface area contributed by atoms with Gasteiger partial charge in [-0.3, -0.25) is 28.7 Å². The zero-order chi connectivity index (χ0) is 58.5. The van der Waals surface area contributed by atoms with Crippen LogP contribution in [-0.4, -0.2) is 138 Å². The van der Waals surface area contributed by atoms with Gasteiger partial charge in [0.1, 0.15) is 24.9 Å². The molecule has 0 amide bonds. The molecule has 0 aromatic rings. The lowest BCUT2D eigenvalue weighted by molar-refractivity contribution is -0.615. The Balaban J connectivity index is 2.79. The Morgan fingerprint density at radius 3 is 1.00 bits per heavy atom. The Hall–Kier alpha value is -2.56. The molecule has 1 unspecified atom stereocenters. The lowest BCUT2D eigenvalue weighted by Gasteiger charge is -2.59. The minimum absolute atomic E-state index is 0.137. The van der Waals surface area contributed by atoms with Crippen molar-refractivity contribution in [3.05, 3.63) is 0 Å². The number of hydrogen-bond donors (Lipinski definition) is 8. The lowest BCUT2D eigenvalue weighted by Crippen LogP contribution is -2.88. The SMILES string of the molecule is CCCCCCCCCCCC(=O)O[C@@]1(OC2(CO)O[C@H](CO)[C@@H](O)[C@@H]2O)O[C@H](CO)[C@](O)(OC(=O)CCCCCCCCCCC)[C@@](O)(OC(=O)CCCCCCCCCCC)[C@]1(O)OC(=O)CCCCCCCCCCC. The second-order valence-electron chi connectivity index (χ2n) is 22.4. The fraction of sp³-hybridized carbons (Fsp3) is 0.933. The Morgan fingerprint density at radius 2 is 0.696 bits per heavy atom. The van der Waals surface area contributed by atoms with Crippen molar-refractivity contribution < 1.29 is 93.2 Å². The summed E-state index contributed by atoms with van der Waals surface area (Å²) in [5.41, 5.74) is 0. The second kappa shape index (κ2) is 40.6. The van der Waals surface area contributed by atoms with Crippen LogP contribution in [0.1, 0.15) is 285 Å². The van der Waals surface area contributed by atoms with E-state index in [-0.39, 0.29) is 25.7 Å². The Kier molecular flexibility index (Phi) is 37.3. The van der Waals surface area contributed by atoms with Crippen LogP contribution in [0.4, 0.5) is 0 Å². The number of hydrogen-bond acceptors (Lipinski definition) is 19. The van der Waals surface area contributed by atoms with Crippen LogP contribution >= 0.6 is 0 Å². The van der Waals surface area contributed by atoms with Gasteiger partial charge in [-0.25, -0.2) is 0 Å². The molecular weight excluding hydrogens is 1020 g/mol. The monoisotopic (exact) mass is 1130 g/mol. The second-order valence-corrected chi connectivity index (χ2v) is 22.4. The third-order valence-electron chi connectivity index (χ3n) is 15.5. The van der Waals surface area contributed by atoms with Crippen LogP contribution < -0.4 is 0 Å². The maximum Gasteiger partial charge on any atom is 0.409 e. The molecule has 0 aliphatic carbocycles. The molecule has 2 rings (SSSR count). The highest BCUT2D eigenvalue weighted by Crippen LogP contribution is 2.55. The van der Waals surface area contributed by atoms with E-state index in [9.17, 15) is 60.0 Å². The van der Waals surface area contributed by atoms with Gasteiger partial charge in [0.2, 0.25) is 5.79 Å². The number of esters is 4. The summed E-state index contributed by atoms with van der Waals surface area (Å²) in [6.07, 6.45) is 19.9. The highest BCUT2D eigenvalue weighted by atomic mass is 17.0. The number of unbranched alkanes of at least 4 members (excludes halogenated alkanes) is 32. The molecular formula is C60H110O19. The summed E-state index contributed by atoms with van der Waals surface area (Å²) >= 11 is 0. The molecule has 2 heterocycles. The smallest absolute Gasteiger partial charge is 0.409 e. The Bertz CT molecular complexity index is 1640. The first-order chi connectivity index (χ1) is 38.0. The molecule has 9 atom stereocenters. The van der Waals surface area contributed by atoms with Gasteiger partial charge in [0.25, 0.3) is 0 Å². The van der Waals surface area contributed by atoms with Crippen LogP contribution in [0.3, 0.4) is 0 Å². The Morgan fingerprint density at radius 1 is 0.392 bits per heavy atom. The summed E-state index contributed by atoms with van der Waals surface area (Å²) in [6, 6.07) is 0. The summed E-state index contributed by atoms with van der Waals surface area (Å²) in [5, 5.41) is 94.5. The number of ether oxygens (including phenoxy) is 7. The van der Waals surface area contributed by atoms with Gasteiger partial charge >= 0.3 is 47.2 Å². The van der Waals surface area contributed by atoms with Gasteiger partial charge in [-0.15, -0.1) is 0 Å². The van der Waals surface area contributed by atoms with E-state index in [1.54, 1.807) is 0 Å². The molecule has 0 aromatic heterocycles. The molecule has 0 aromatic carbocycles. The zero-order valence-electron chi connectivity index (χ0n) is 49.3. The van der Waals surface area contributed by atoms with Crippen molar-refractivity contribution in [3.8, 4) is 0 Å². The summed E-state index contributed by atoms with van der Waals surface area (Å²) < 4.78 is 40.6. The van der Waals surface area contributed by atoms with Crippen molar-refractivity contribution in [3.63, 3.8) is 0 Å². The van der Waals surface area contributed by atoms with E-state index in [1.165, 1.54) is 0 Å². The number of carbonyl (C=O) groups is 4. The third-order valence-corrected chi connectivity index (χ3v) is 15.5. The first-order valence-electron chi connectivity index (χ1n) is 31.3. The molecule has 0 spiro atoms. The summed E-state index contributed by atoms with van der Waals surface area (Å²) in [7, 11) is 0. The Labute approximate surface area is 473 Å². The van der Waals surface area contributed by atoms with Gasteiger partial charge < -0.3 is 64.5 Å². The van der Waals surface area contributed by atoms with E-state index in [0.717, 1.165) is 173 Å². The minimum Gasteiger partial charge on any atom is -0.423 e. The van der Waals surface area contributed by atoms with Crippen molar-refractivity contribution >= 4 is 23.9 Å². The number of aliphatic hydroxyl groups excluding tert-OH is 5. The van der Waals surface area contributed by atoms with Crippen molar-refractivity contribution in [1.29, 1.82) is 0 Å².